The molecule has 0 bridgehead atoms. The van der Waals surface area contributed by atoms with E-state index in [1.807, 2.05) is 24.3 Å². The number of hydrogen-bond donors (Lipinski definition) is 2. The minimum atomic E-state index is -0.0189. The molecule has 114 valence electrons. The Hall–Kier alpha value is -2.14. The van der Waals surface area contributed by atoms with Gasteiger partial charge in [-0.1, -0.05) is 19.1 Å². The Labute approximate surface area is 135 Å². The van der Waals surface area contributed by atoms with Crippen molar-refractivity contribution in [3.8, 4) is 0 Å². The summed E-state index contributed by atoms with van der Waals surface area (Å²) in [5.41, 5.74) is 3.36. The zero-order chi connectivity index (χ0) is 15.4. The maximum Gasteiger partial charge on any atom is 0.321 e. The van der Waals surface area contributed by atoms with Crippen molar-refractivity contribution >= 4 is 29.4 Å². The largest absolute Gasteiger partial charge is 0.336 e. The fraction of sp³-hybridized carbons (Fsp3) is 0.235. The summed E-state index contributed by atoms with van der Waals surface area (Å²) in [7, 11) is 0. The smallest absolute Gasteiger partial charge is 0.321 e. The monoisotopic (exact) mass is 313 g/mol. The molecule has 4 nitrogen and oxygen atoms in total. The van der Waals surface area contributed by atoms with Crippen molar-refractivity contribution in [3.63, 3.8) is 0 Å². The molecule has 5 heteroatoms. The first kappa shape index (κ1) is 14.8. The van der Waals surface area contributed by atoms with Crippen LogP contribution < -0.4 is 14.9 Å². The number of carbonyl (C=O) groups excluding carboxylic acids is 1. The summed E-state index contributed by atoms with van der Waals surface area (Å²) in [4.78, 5) is 14.5. The molecule has 0 atom stereocenters. The van der Waals surface area contributed by atoms with Crippen LogP contribution in [0.1, 0.15) is 12.5 Å². The molecule has 2 amide bonds. The van der Waals surface area contributed by atoms with Crippen molar-refractivity contribution in [2.24, 2.45) is 0 Å². The van der Waals surface area contributed by atoms with Crippen LogP contribution in [0, 0.1) is 0 Å². The molecule has 0 radical (unpaired) electrons. The molecule has 2 N–H and O–H groups in total. The highest BCUT2D eigenvalue weighted by Crippen LogP contribution is 2.25. The van der Waals surface area contributed by atoms with Gasteiger partial charge in [-0.3, -0.25) is 4.90 Å². The first-order valence-electron chi connectivity index (χ1n) is 7.43. The standard InChI is InChI=1S/C17H19N3OS/c1-2-13-3-5-14(6-4-13)19-22-16-9-7-15(8-10-16)20-12-11-18-17(20)21/h3-10,19H,2,11-12H2,1H3,(H,18,21). The van der Waals surface area contributed by atoms with Gasteiger partial charge in [-0.05, 0) is 60.3 Å². The summed E-state index contributed by atoms with van der Waals surface area (Å²) >= 11 is 1.57. The van der Waals surface area contributed by atoms with Gasteiger partial charge in [-0.15, -0.1) is 0 Å². The van der Waals surface area contributed by atoms with E-state index in [1.165, 1.54) is 5.56 Å². The summed E-state index contributed by atoms with van der Waals surface area (Å²) in [6, 6.07) is 16.5. The number of amides is 2. The molecule has 1 aliphatic rings. The van der Waals surface area contributed by atoms with Gasteiger partial charge in [0, 0.05) is 29.4 Å². The van der Waals surface area contributed by atoms with E-state index in [2.05, 4.69) is 41.2 Å². The van der Waals surface area contributed by atoms with Gasteiger partial charge in [-0.2, -0.15) is 0 Å². The van der Waals surface area contributed by atoms with Crippen LogP contribution in [0.25, 0.3) is 0 Å². The third-order valence-corrected chi connectivity index (χ3v) is 4.50. The van der Waals surface area contributed by atoms with Crippen molar-refractivity contribution in [1.82, 2.24) is 5.32 Å². The van der Waals surface area contributed by atoms with E-state index in [4.69, 9.17) is 0 Å². The minimum absolute atomic E-state index is 0.0189. The van der Waals surface area contributed by atoms with Crippen LogP contribution >= 0.6 is 11.9 Å². The van der Waals surface area contributed by atoms with Crippen LogP contribution in [-0.4, -0.2) is 19.1 Å². The second-order valence-corrected chi connectivity index (χ2v) is 6.01. The number of urea groups is 1. The first-order chi connectivity index (χ1) is 10.8. The second-order valence-electron chi connectivity index (χ2n) is 5.13. The van der Waals surface area contributed by atoms with Crippen molar-refractivity contribution in [3.05, 3.63) is 54.1 Å². The summed E-state index contributed by atoms with van der Waals surface area (Å²) in [5, 5.41) is 2.81. The maximum absolute atomic E-state index is 11.6. The molecule has 0 aliphatic carbocycles. The van der Waals surface area contributed by atoms with Crippen LogP contribution in [0.4, 0.5) is 16.2 Å². The molecule has 3 rings (SSSR count). The zero-order valence-electron chi connectivity index (χ0n) is 12.5. The number of rotatable bonds is 5. The molecule has 22 heavy (non-hydrogen) atoms. The Morgan fingerprint density at radius 2 is 1.86 bits per heavy atom. The Balaban J connectivity index is 1.59. The van der Waals surface area contributed by atoms with Gasteiger partial charge in [0.15, 0.2) is 0 Å². The van der Waals surface area contributed by atoms with E-state index >= 15 is 0 Å². The molecular weight excluding hydrogens is 294 g/mol. The highest BCUT2D eigenvalue weighted by molar-refractivity contribution is 8.00. The van der Waals surface area contributed by atoms with Crippen molar-refractivity contribution in [2.75, 3.05) is 22.7 Å². The van der Waals surface area contributed by atoms with E-state index in [0.29, 0.717) is 6.54 Å². The average Bonchev–Trinajstić information content (AvgIpc) is 3.00. The lowest BCUT2D eigenvalue weighted by Crippen LogP contribution is -2.27. The Morgan fingerprint density at radius 1 is 1.14 bits per heavy atom. The molecule has 0 saturated carbocycles. The van der Waals surface area contributed by atoms with E-state index in [-0.39, 0.29) is 6.03 Å². The molecule has 0 unspecified atom stereocenters. The summed E-state index contributed by atoms with van der Waals surface area (Å²) in [5.74, 6) is 0. The van der Waals surface area contributed by atoms with Crippen LogP contribution in [0.5, 0.6) is 0 Å². The van der Waals surface area contributed by atoms with E-state index in [0.717, 1.165) is 29.2 Å². The van der Waals surface area contributed by atoms with Gasteiger partial charge in [0.1, 0.15) is 0 Å². The number of hydrogen-bond acceptors (Lipinski definition) is 3. The molecule has 2 aromatic rings. The number of carbonyl (C=O) groups is 1. The third kappa shape index (κ3) is 3.36. The topological polar surface area (TPSA) is 44.4 Å². The van der Waals surface area contributed by atoms with Crippen LogP contribution in [0.15, 0.2) is 53.4 Å². The van der Waals surface area contributed by atoms with Gasteiger partial charge in [-0.25, -0.2) is 4.79 Å². The number of anilines is 2. The van der Waals surface area contributed by atoms with Crippen LogP contribution in [-0.2, 0) is 6.42 Å². The predicted molar refractivity (Wildman–Crippen MR) is 92.5 cm³/mol. The molecule has 0 aromatic heterocycles. The molecule has 1 saturated heterocycles. The SMILES string of the molecule is CCc1ccc(NSc2ccc(N3CCNC3=O)cc2)cc1. The van der Waals surface area contributed by atoms with E-state index in [1.54, 1.807) is 16.8 Å². The number of nitrogens with zero attached hydrogens (tertiary/aromatic N) is 1. The number of aryl methyl sites for hydroxylation is 1. The van der Waals surface area contributed by atoms with E-state index in [9.17, 15) is 4.79 Å². The molecular formula is C17H19N3OS. The fourth-order valence-corrected chi connectivity index (χ4v) is 2.98. The first-order valence-corrected chi connectivity index (χ1v) is 8.25. The fourth-order valence-electron chi connectivity index (χ4n) is 2.34. The van der Waals surface area contributed by atoms with Gasteiger partial charge < -0.3 is 10.0 Å². The second kappa shape index (κ2) is 6.75. The van der Waals surface area contributed by atoms with Gasteiger partial charge >= 0.3 is 6.03 Å². The third-order valence-electron chi connectivity index (χ3n) is 3.65. The van der Waals surface area contributed by atoms with Crippen LogP contribution in [0.2, 0.25) is 0 Å². The molecule has 1 heterocycles. The summed E-state index contributed by atoms with van der Waals surface area (Å²) in [6.07, 6.45) is 1.05. The van der Waals surface area contributed by atoms with Gasteiger partial charge in [0.25, 0.3) is 0 Å². The Bertz CT molecular complexity index is 640. The van der Waals surface area contributed by atoms with Gasteiger partial charge in [0.05, 0.1) is 0 Å². The normalized spacial score (nSPS) is 14.0. The summed E-state index contributed by atoms with van der Waals surface area (Å²) < 4.78 is 3.33. The van der Waals surface area contributed by atoms with Crippen molar-refractivity contribution in [2.45, 2.75) is 18.2 Å². The zero-order valence-corrected chi connectivity index (χ0v) is 13.3. The van der Waals surface area contributed by atoms with Crippen molar-refractivity contribution < 1.29 is 4.79 Å². The van der Waals surface area contributed by atoms with Gasteiger partial charge in [0.2, 0.25) is 0 Å². The lowest BCUT2D eigenvalue weighted by Gasteiger charge is -2.14. The number of benzene rings is 2. The molecule has 1 fully saturated rings. The molecule has 2 aromatic carbocycles. The Morgan fingerprint density at radius 3 is 2.45 bits per heavy atom. The molecule has 1 aliphatic heterocycles. The predicted octanol–water partition coefficient (Wildman–Crippen LogP) is 3.90. The highest BCUT2D eigenvalue weighted by atomic mass is 32.2. The van der Waals surface area contributed by atoms with Crippen molar-refractivity contribution in [1.29, 1.82) is 0 Å². The minimum Gasteiger partial charge on any atom is -0.336 e. The van der Waals surface area contributed by atoms with E-state index < -0.39 is 0 Å². The summed E-state index contributed by atoms with van der Waals surface area (Å²) in [6.45, 7) is 3.59. The highest BCUT2D eigenvalue weighted by Gasteiger charge is 2.20. The number of nitrogens with one attached hydrogen (secondary N) is 2. The molecule has 0 spiro atoms. The average molecular weight is 313 g/mol. The lowest BCUT2D eigenvalue weighted by molar-refractivity contribution is 0.252. The van der Waals surface area contributed by atoms with Crippen LogP contribution in [0.3, 0.4) is 0 Å². The quantitative estimate of drug-likeness (QED) is 0.823. The Kier molecular flexibility index (Phi) is 4.53. The lowest BCUT2D eigenvalue weighted by atomic mass is 10.2. The maximum atomic E-state index is 11.6.